The van der Waals surface area contributed by atoms with Crippen LogP contribution in [0.3, 0.4) is 0 Å². The summed E-state index contributed by atoms with van der Waals surface area (Å²) in [4.78, 5) is 0. The van der Waals surface area contributed by atoms with Crippen molar-refractivity contribution in [3.8, 4) is 5.75 Å². The molecule has 1 aromatic rings. The van der Waals surface area contributed by atoms with Crippen LogP contribution in [0, 0.1) is 6.42 Å². The molecule has 0 N–H and O–H groups in total. The van der Waals surface area contributed by atoms with E-state index in [1.165, 1.54) is 0 Å². The number of benzene rings is 1. The lowest BCUT2D eigenvalue weighted by molar-refractivity contribution is 0.414. The Kier molecular flexibility index (Phi) is 2.32. The van der Waals surface area contributed by atoms with E-state index < -0.39 is 0 Å². The first-order valence-corrected chi connectivity index (χ1v) is 3.18. The highest BCUT2D eigenvalue weighted by Gasteiger charge is 1.89. The van der Waals surface area contributed by atoms with Crippen molar-refractivity contribution in [2.75, 3.05) is 7.11 Å². The van der Waals surface area contributed by atoms with Crippen LogP contribution >= 0.6 is 0 Å². The van der Waals surface area contributed by atoms with Crippen LogP contribution in [0.25, 0.3) is 0 Å². The van der Waals surface area contributed by atoms with E-state index in [9.17, 15) is 0 Å². The average molecular weight is 134 g/mol. The Morgan fingerprint density at radius 1 is 1.20 bits per heavy atom. The molecule has 52 valence electrons. The third-order valence-electron chi connectivity index (χ3n) is 1.38. The maximum atomic E-state index is 4.99. The minimum absolute atomic E-state index is 0.888. The summed E-state index contributed by atoms with van der Waals surface area (Å²) < 4.78 is 4.99. The molecule has 1 heteroatoms. The molecule has 0 aliphatic heterocycles. The highest BCUT2D eigenvalue weighted by atomic mass is 16.5. The quantitative estimate of drug-likeness (QED) is 0.602. The topological polar surface area (TPSA) is 9.23 Å². The molecule has 0 aromatic heterocycles. The number of rotatable bonds is 2. The van der Waals surface area contributed by atoms with Crippen molar-refractivity contribution in [3.05, 3.63) is 36.2 Å². The number of ether oxygens (including phenoxy) is 1. The van der Waals surface area contributed by atoms with Gasteiger partial charge in [-0.15, -0.1) is 0 Å². The summed E-state index contributed by atoms with van der Waals surface area (Å²) in [6, 6.07) is 7.79. The zero-order valence-corrected chi connectivity index (χ0v) is 6.22. The van der Waals surface area contributed by atoms with Gasteiger partial charge in [0.1, 0.15) is 5.75 Å². The van der Waals surface area contributed by atoms with E-state index in [0.29, 0.717) is 0 Å². The lowest BCUT2D eigenvalue weighted by Crippen LogP contribution is -1.82. The van der Waals surface area contributed by atoms with Gasteiger partial charge in [-0.2, -0.15) is 0 Å². The van der Waals surface area contributed by atoms with E-state index in [4.69, 9.17) is 4.74 Å². The molecule has 0 aliphatic rings. The molecular formula is C9H10O. The Bertz CT molecular complexity index is 165. The van der Waals surface area contributed by atoms with Gasteiger partial charge in [0.2, 0.25) is 0 Å². The highest BCUT2D eigenvalue weighted by Crippen LogP contribution is 2.11. The first-order chi connectivity index (χ1) is 4.86. The fraction of sp³-hybridized carbons (Fsp3) is 0.222. The molecule has 0 saturated heterocycles. The van der Waals surface area contributed by atoms with Crippen LogP contribution < -0.4 is 4.74 Å². The van der Waals surface area contributed by atoms with E-state index in [0.717, 1.165) is 11.3 Å². The summed E-state index contributed by atoms with van der Waals surface area (Å²) in [5, 5.41) is 0. The number of hydrogen-bond acceptors (Lipinski definition) is 1. The molecule has 1 aromatic carbocycles. The van der Waals surface area contributed by atoms with Gasteiger partial charge in [0.25, 0.3) is 0 Å². The van der Waals surface area contributed by atoms with Crippen molar-refractivity contribution in [2.24, 2.45) is 0 Å². The average Bonchev–Trinajstić information content (AvgIpc) is 2.05. The highest BCUT2D eigenvalue weighted by molar-refractivity contribution is 5.30. The summed E-state index contributed by atoms with van der Waals surface area (Å²) in [5.41, 5.74) is 1.10. The van der Waals surface area contributed by atoms with Gasteiger partial charge in [-0.25, -0.2) is 0 Å². The molecule has 0 fully saturated rings. The number of methoxy groups -OCH3 is 1. The van der Waals surface area contributed by atoms with E-state index in [-0.39, 0.29) is 0 Å². The summed E-state index contributed by atoms with van der Waals surface area (Å²) in [5.74, 6) is 0.888. The van der Waals surface area contributed by atoms with Gasteiger partial charge < -0.3 is 4.74 Å². The monoisotopic (exact) mass is 134 g/mol. The second-order valence-electron chi connectivity index (χ2n) is 1.98. The normalized spacial score (nSPS) is 9.40. The van der Waals surface area contributed by atoms with Gasteiger partial charge in [-0.1, -0.05) is 19.1 Å². The summed E-state index contributed by atoms with van der Waals surface area (Å²) in [7, 11) is 1.66. The molecule has 0 unspecified atom stereocenters. The van der Waals surface area contributed by atoms with Gasteiger partial charge in [0.15, 0.2) is 0 Å². The predicted molar refractivity (Wildman–Crippen MR) is 41.0 cm³/mol. The minimum atomic E-state index is 0.888. The molecule has 10 heavy (non-hydrogen) atoms. The Hall–Kier alpha value is -0.980. The summed E-state index contributed by atoms with van der Waals surface area (Å²) in [6.07, 6.45) is 3.02. The molecule has 0 bridgehead atoms. The Morgan fingerprint density at radius 2 is 1.80 bits per heavy atom. The van der Waals surface area contributed by atoms with Crippen molar-refractivity contribution in [1.82, 2.24) is 0 Å². The smallest absolute Gasteiger partial charge is 0.118 e. The van der Waals surface area contributed by atoms with Crippen molar-refractivity contribution in [2.45, 2.75) is 6.92 Å². The Labute approximate surface area is 61.6 Å². The van der Waals surface area contributed by atoms with Gasteiger partial charge in [-0.05, 0) is 17.7 Å². The van der Waals surface area contributed by atoms with Crippen molar-refractivity contribution in [1.29, 1.82) is 0 Å². The van der Waals surface area contributed by atoms with Crippen LogP contribution in [0.5, 0.6) is 5.75 Å². The zero-order chi connectivity index (χ0) is 7.40. The molecule has 1 nitrogen and oxygen atoms in total. The molecule has 1 rings (SSSR count). The molecule has 0 amide bonds. The lowest BCUT2D eigenvalue weighted by atomic mass is 10.2. The minimum Gasteiger partial charge on any atom is -0.497 e. The van der Waals surface area contributed by atoms with Crippen LogP contribution in [0.4, 0.5) is 0 Å². The molecule has 0 heterocycles. The Balaban J connectivity index is 2.80. The largest absolute Gasteiger partial charge is 0.497 e. The Morgan fingerprint density at radius 3 is 2.20 bits per heavy atom. The third kappa shape index (κ3) is 1.50. The second kappa shape index (κ2) is 3.25. The van der Waals surface area contributed by atoms with Crippen LogP contribution in [-0.2, 0) is 0 Å². The van der Waals surface area contributed by atoms with Crippen molar-refractivity contribution >= 4 is 0 Å². The first kappa shape index (κ1) is 7.13. The van der Waals surface area contributed by atoms with Crippen LogP contribution in [0.15, 0.2) is 24.3 Å². The first-order valence-electron chi connectivity index (χ1n) is 3.18. The molecule has 0 saturated carbocycles. The molecule has 0 atom stereocenters. The zero-order valence-electron chi connectivity index (χ0n) is 6.22. The SMILES string of the molecule is C[C]c1ccc(OC)cc1. The lowest BCUT2D eigenvalue weighted by Gasteiger charge is -1.98. The van der Waals surface area contributed by atoms with E-state index in [2.05, 4.69) is 6.42 Å². The molecule has 2 radical (unpaired) electrons. The van der Waals surface area contributed by atoms with Gasteiger partial charge in [0.05, 0.1) is 7.11 Å². The summed E-state index contributed by atoms with van der Waals surface area (Å²) >= 11 is 0. The van der Waals surface area contributed by atoms with Gasteiger partial charge in [-0.3, -0.25) is 0 Å². The third-order valence-corrected chi connectivity index (χ3v) is 1.38. The maximum absolute atomic E-state index is 4.99. The molecular weight excluding hydrogens is 124 g/mol. The molecule has 0 spiro atoms. The van der Waals surface area contributed by atoms with Crippen molar-refractivity contribution in [3.63, 3.8) is 0 Å². The fourth-order valence-electron chi connectivity index (χ4n) is 0.758. The fourth-order valence-corrected chi connectivity index (χ4v) is 0.758. The van der Waals surface area contributed by atoms with Crippen LogP contribution in [0.2, 0.25) is 0 Å². The maximum Gasteiger partial charge on any atom is 0.118 e. The molecule has 0 aliphatic carbocycles. The van der Waals surface area contributed by atoms with Gasteiger partial charge >= 0.3 is 0 Å². The standard InChI is InChI=1S/C9H10O/c1-3-8-4-6-9(10-2)7-5-8/h4-7H,1-2H3. The van der Waals surface area contributed by atoms with E-state index >= 15 is 0 Å². The van der Waals surface area contributed by atoms with E-state index in [1.807, 2.05) is 31.2 Å². The summed E-state index contributed by atoms with van der Waals surface area (Å²) in [6.45, 7) is 1.89. The van der Waals surface area contributed by atoms with Crippen LogP contribution in [0.1, 0.15) is 12.5 Å². The van der Waals surface area contributed by atoms with E-state index in [1.54, 1.807) is 7.11 Å². The van der Waals surface area contributed by atoms with Crippen molar-refractivity contribution < 1.29 is 4.74 Å². The van der Waals surface area contributed by atoms with Gasteiger partial charge in [0, 0.05) is 6.42 Å². The number of hydrogen-bond donors (Lipinski definition) is 0. The van der Waals surface area contributed by atoms with Crippen LogP contribution in [-0.4, -0.2) is 7.11 Å². The second-order valence-corrected chi connectivity index (χ2v) is 1.98. The predicted octanol–water partition coefficient (Wildman–Crippen LogP) is 2.14.